The van der Waals surface area contributed by atoms with Gasteiger partial charge in [0, 0.05) is 9.90 Å². The van der Waals surface area contributed by atoms with E-state index in [1.165, 1.54) is 12.0 Å². The lowest BCUT2D eigenvalue weighted by molar-refractivity contribution is 0.0952. The maximum absolute atomic E-state index is 12.2. The van der Waals surface area contributed by atoms with Crippen molar-refractivity contribution in [1.82, 2.24) is 5.43 Å². The Labute approximate surface area is 132 Å². The van der Waals surface area contributed by atoms with Gasteiger partial charge in [0.2, 0.25) is 0 Å². The van der Waals surface area contributed by atoms with Crippen LogP contribution >= 0.6 is 22.9 Å². The van der Waals surface area contributed by atoms with Gasteiger partial charge in [0.25, 0.3) is 5.91 Å². The molecule has 0 spiro atoms. The number of hydrogen-bond acceptors (Lipinski definition) is 4. The number of amides is 1. The van der Waals surface area contributed by atoms with E-state index >= 15 is 0 Å². The molecule has 0 aliphatic rings. The van der Waals surface area contributed by atoms with Crippen LogP contribution in [0.5, 0.6) is 5.75 Å². The summed E-state index contributed by atoms with van der Waals surface area (Å²) in [5.41, 5.74) is 3.63. The van der Waals surface area contributed by atoms with Crippen LogP contribution < -0.4 is 10.2 Å². The molecule has 0 radical (unpaired) electrons. The van der Waals surface area contributed by atoms with Crippen molar-refractivity contribution >= 4 is 34.6 Å². The lowest BCUT2D eigenvalue weighted by Gasteiger charge is -2.07. The molecular formula is C15H15ClN2O2S. The molecule has 0 bridgehead atoms. The molecule has 1 aromatic carbocycles. The van der Waals surface area contributed by atoms with Gasteiger partial charge >= 0.3 is 0 Å². The quantitative estimate of drug-likeness (QED) is 0.686. The van der Waals surface area contributed by atoms with Crippen molar-refractivity contribution in [3.63, 3.8) is 0 Å². The number of hydrogen-bond donors (Lipinski definition) is 1. The van der Waals surface area contributed by atoms with Crippen LogP contribution in [0.3, 0.4) is 0 Å². The summed E-state index contributed by atoms with van der Waals surface area (Å²) in [4.78, 5) is 14.4. The van der Waals surface area contributed by atoms with Gasteiger partial charge in [-0.25, -0.2) is 5.43 Å². The molecule has 0 saturated heterocycles. The van der Waals surface area contributed by atoms with Crippen LogP contribution in [0.15, 0.2) is 35.4 Å². The Morgan fingerprint density at radius 1 is 1.33 bits per heavy atom. The fraction of sp³-hybridized carbons (Fsp3) is 0.200. The minimum atomic E-state index is -0.359. The van der Waals surface area contributed by atoms with E-state index in [1.807, 2.05) is 26.0 Å². The number of benzene rings is 1. The fourth-order valence-electron chi connectivity index (χ4n) is 1.74. The zero-order valence-electron chi connectivity index (χ0n) is 11.9. The minimum absolute atomic E-state index is 0.351. The Hall–Kier alpha value is -1.85. The van der Waals surface area contributed by atoms with Crippen LogP contribution in [0.1, 0.15) is 27.0 Å². The minimum Gasteiger partial charge on any atom is -0.496 e. The second kappa shape index (κ2) is 6.74. The molecule has 2 aromatic rings. The summed E-state index contributed by atoms with van der Waals surface area (Å²) in [5, 5.41) is 4.59. The van der Waals surface area contributed by atoms with E-state index in [2.05, 4.69) is 10.5 Å². The highest BCUT2D eigenvalue weighted by molar-refractivity contribution is 7.14. The molecule has 1 aromatic heterocycles. The summed E-state index contributed by atoms with van der Waals surface area (Å²) in [6.45, 7) is 3.87. The molecule has 110 valence electrons. The highest BCUT2D eigenvalue weighted by Crippen LogP contribution is 2.22. The Morgan fingerprint density at radius 3 is 2.71 bits per heavy atom. The van der Waals surface area contributed by atoms with Crippen molar-refractivity contribution in [3.8, 4) is 5.75 Å². The number of halogens is 1. The first-order chi connectivity index (χ1) is 10.0. The lowest BCUT2D eigenvalue weighted by Crippen LogP contribution is -2.19. The first-order valence-electron chi connectivity index (χ1n) is 6.26. The third kappa shape index (κ3) is 3.83. The second-order valence-electron chi connectivity index (χ2n) is 4.39. The number of carbonyl (C=O) groups is 1. The highest BCUT2D eigenvalue weighted by Gasteiger charge is 2.12. The average molecular weight is 323 g/mol. The molecule has 0 aliphatic heterocycles. The number of aryl methyl sites for hydroxylation is 1. The highest BCUT2D eigenvalue weighted by atomic mass is 35.5. The zero-order chi connectivity index (χ0) is 15.4. The van der Waals surface area contributed by atoms with Crippen molar-refractivity contribution in [3.05, 3.63) is 50.7 Å². The topological polar surface area (TPSA) is 50.7 Å². The molecule has 4 nitrogen and oxygen atoms in total. The number of thiophene rings is 1. The Morgan fingerprint density at radius 2 is 2.10 bits per heavy atom. The molecule has 21 heavy (non-hydrogen) atoms. The predicted molar refractivity (Wildman–Crippen MR) is 86.7 cm³/mol. The average Bonchev–Trinajstić information content (AvgIpc) is 2.91. The van der Waals surface area contributed by atoms with Crippen LogP contribution in [0, 0.1) is 6.92 Å². The molecule has 0 aliphatic carbocycles. The van der Waals surface area contributed by atoms with E-state index in [9.17, 15) is 4.79 Å². The maximum Gasteiger partial charge on any atom is 0.275 e. The number of ether oxygens (including phenoxy) is 1. The third-order valence-corrected chi connectivity index (χ3v) is 4.17. The van der Waals surface area contributed by atoms with Gasteiger partial charge < -0.3 is 4.74 Å². The summed E-state index contributed by atoms with van der Waals surface area (Å²) in [5.74, 6) is 0.0960. The van der Waals surface area contributed by atoms with Crippen LogP contribution in [-0.2, 0) is 0 Å². The van der Waals surface area contributed by atoms with Gasteiger partial charge in [-0.05, 0) is 44.2 Å². The third-order valence-electron chi connectivity index (χ3n) is 2.83. The van der Waals surface area contributed by atoms with Crippen LogP contribution in [0.4, 0.5) is 0 Å². The number of carbonyl (C=O) groups excluding carboxylic acids is 1. The molecule has 0 unspecified atom stereocenters. The number of nitrogens with one attached hydrogen (secondary N) is 1. The smallest absolute Gasteiger partial charge is 0.275 e. The maximum atomic E-state index is 12.2. The van der Waals surface area contributed by atoms with Crippen molar-refractivity contribution in [2.75, 3.05) is 7.11 Å². The molecule has 1 heterocycles. The van der Waals surface area contributed by atoms with E-state index in [1.54, 1.807) is 29.5 Å². The van der Waals surface area contributed by atoms with Crippen molar-refractivity contribution < 1.29 is 9.53 Å². The summed E-state index contributed by atoms with van der Waals surface area (Å²) in [6.07, 6.45) is 0. The first-order valence-corrected chi connectivity index (χ1v) is 7.45. The number of nitrogens with zero attached hydrogens (tertiary/aromatic N) is 1. The SMILES string of the molecule is COc1ccc(Cl)cc1C(=O)N/N=C(\C)c1ccc(C)s1. The lowest BCUT2D eigenvalue weighted by atomic mass is 10.2. The van der Waals surface area contributed by atoms with Gasteiger partial charge in [0.1, 0.15) is 5.75 Å². The molecule has 0 fully saturated rings. The monoisotopic (exact) mass is 322 g/mol. The number of hydrazone groups is 1. The molecule has 0 saturated carbocycles. The summed E-state index contributed by atoms with van der Waals surface area (Å²) in [7, 11) is 1.50. The van der Waals surface area contributed by atoms with Crippen LogP contribution in [0.2, 0.25) is 5.02 Å². The standard InChI is InChI=1S/C15H15ClN2O2S/c1-9-4-7-14(21-9)10(2)17-18-15(19)12-8-11(16)5-6-13(12)20-3/h4-8H,1-3H3,(H,18,19)/b17-10+. The fourth-order valence-corrected chi connectivity index (χ4v) is 2.72. The zero-order valence-corrected chi connectivity index (χ0v) is 13.5. The van der Waals surface area contributed by atoms with Crippen molar-refractivity contribution in [1.29, 1.82) is 0 Å². The predicted octanol–water partition coefficient (Wildman–Crippen LogP) is 3.87. The van der Waals surface area contributed by atoms with Crippen LogP contribution in [0.25, 0.3) is 0 Å². The van der Waals surface area contributed by atoms with Crippen LogP contribution in [-0.4, -0.2) is 18.7 Å². The van der Waals surface area contributed by atoms with Gasteiger partial charge in [0.05, 0.1) is 23.3 Å². The summed E-state index contributed by atoms with van der Waals surface area (Å²) in [6, 6.07) is 8.86. The molecule has 2 rings (SSSR count). The summed E-state index contributed by atoms with van der Waals surface area (Å²) >= 11 is 7.54. The Bertz CT molecular complexity index is 695. The molecular weight excluding hydrogens is 308 g/mol. The van der Waals surface area contributed by atoms with E-state index < -0.39 is 0 Å². The first kappa shape index (κ1) is 15.5. The van der Waals surface area contributed by atoms with Gasteiger partial charge in [0.15, 0.2) is 0 Å². The second-order valence-corrected chi connectivity index (χ2v) is 6.12. The van der Waals surface area contributed by atoms with Gasteiger partial charge in [-0.3, -0.25) is 4.79 Å². The van der Waals surface area contributed by atoms with Crippen molar-refractivity contribution in [2.45, 2.75) is 13.8 Å². The number of rotatable bonds is 4. The Balaban J connectivity index is 2.17. The Kier molecular flexibility index (Phi) is 4.98. The van der Waals surface area contributed by atoms with Crippen molar-refractivity contribution in [2.24, 2.45) is 5.10 Å². The largest absolute Gasteiger partial charge is 0.496 e. The van der Waals surface area contributed by atoms with Gasteiger partial charge in [-0.1, -0.05) is 11.6 Å². The van der Waals surface area contributed by atoms with E-state index in [0.29, 0.717) is 16.3 Å². The summed E-state index contributed by atoms with van der Waals surface area (Å²) < 4.78 is 5.15. The van der Waals surface area contributed by atoms with E-state index in [4.69, 9.17) is 16.3 Å². The molecule has 0 atom stereocenters. The normalized spacial score (nSPS) is 11.3. The van der Waals surface area contributed by atoms with E-state index in [-0.39, 0.29) is 5.91 Å². The van der Waals surface area contributed by atoms with E-state index in [0.717, 1.165) is 10.6 Å². The molecule has 1 N–H and O–H groups in total. The van der Waals surface area contributed by atoms with Gasteiger partial charge in [-0.2, -0.15) is 5.10 Å². The molecule has 6 heteroatoms. The number of methoxy groups -OCH3 is 1. The van der Waals surface area contributed by atoms with Gasteiger partial charge in [-0.15, -0.1) is 11.3 Å². The molecule has 1 amide bonds.